The monoisotopic (exact) mass is 373 g/mol. The van der Waals surface area contributed by atoms with Crippen LogP contribution in [-0.2, 0) is 9.53 Å². The summed E-state index contributed by atoms with van der Waals surface area (Å²) < 4.78 is 11.7. The van der Waals surface area contributed by atoms with Crippen molar-refractivity contribution in [3.05, 3.63) is 30.5 Å². The van der Waals surface area contributed by atoms with E-state index in [2.05, 4.69) is 9.88 Å². The Bertz CT molecular complexity index is 796. The van der Waals surface area contributed by atoms with Crippen LogP contribution in [0.5, 0.6) is 5.75 Å². The topological polar surface area (TPSA) is 75.1 Å². The summed E-state index contributed by atoms with van der Waals surface area (Å²) in [7, 11) is 1.80. The number of nitrogens with zero attached hydrogens (tertiary/aromatic N) is 3. The van der Waals surface area contributed by atoms with Crippen molar-refractivity contribution in [1.29, 1.82) is 0 Å². The minimum Gasteiger partial charge on any atom is -0.491 e. The van der Waals surface area contributed by atoms with Crippen molar-refractivity contribution >= 4 is 22.6 Å². The Labute approximate surface area is 159 Å². The lowest BCUT2D eigenvalue weighted by atomic mass is 10.1. The maximum Gasteiger partial charge on any atom is 0.317 e. The van der Waals surface area contributed by atoms with Crippen molar-refractivity contribution in [3.63, 3.8) is 0 Å². The first-order valence-electron chi connectivity index (χ1n) is 9.24. The number of carboxylic acids is 1. The fraction of sp³-hybridized carbons (Fsp3) is 0.500. The molecule has 1 aromatic carbocycles. The summed E-state index contributed by atoms with van der Waals surface area (Å²) in [5.41, 5.74) is 2.03. The number of fused-ring (bicyclic) bond motifs is 1. The van der Waals surface area contributed by atoms with E-state index in [9.17, 15) is 4.79 Å². The van der Waals surface area contributed by atoms with Gasteiger partial charge in [0.05, 0.1) is 30.9 Å². The predicted octanol–water partition coefficient (Wildman–Crippen LogP) is 2.24. The van der Waals surface area contributed by atoms with E-state index < -0.39 is 5.97 Å². The second-order valence-electron chi connectivity index (χ2n) is 7.20. The highest BCUT2D eigenvalue weighted by Gasteiger charge is 2.24. The highest BCUT2D eigenvalue weighted by atomic mass is 16.5. The first kappa shape index (κ1) is 19.4. The Balaban J connectivity index is 1.80. The van der Waals surface area contributed by atoms with Crippen LogP contribution in [0.15, 0.2) is 30.5 Å². The van der Waals surface area contributed by atoms with Crippen molar-refractivity contribution < 1.29 is 19.4 Å². The molecule has 0 radical (unpaired) electrons. The third kappa shape index (κ3) is 5.08. The van der Waals surface area contributed by atoms with Gasteiger partial charge in [-0.05, 0) is 45.2 Å². The van der Waals surface area contributed by atoms with E-state index in [1.54, 1.807) is 11.9 Å². The van der Waals surface area contributed by atoms with Gasteiger partial charge in [-0.25, -0.2) is 0 Å². The molecule has 7 nitrogen and oxygen atoms in total. The van der Waals surface area contributed by atoms with Gasteiger partial charge in [0.15, 0.2) is 0 Å². The molecule has 7 heteroatoms. The number of rotatable bonds is 7. The first-order chi connectivity index (χ1) is 12.9. The quantitative estimate of drug-likeness (QED) is 0.798. The molecule has 1 atom stereocenters. The number of pyridine rings is 1. The zero-order valence-corrected chi connectivity index (χ0v) is 16.1. The second kappa shape index (κ2) is 8.54. The highest BCUT2D eigenvalue weighted by molar-refractivity contribution is 5.92. The van der Waals surface area contributed by atoms with Gasteiger partial charge >= 0.3 is 5.97 Å². The van der Waals surface area contributed by atoms with Crippen molar-refractivity contribution in [2.45, 2.75) is 26.1 Å². The molecule has 0 bridgehead atoms. The molecule has 1 aliphatic heterocycles. The predicted molar refractivity (Wildman–Crippen MR) is 105 cm³/mol. The maximum atomic E-state index is 10.9. The van der Waals surface area contributed by atoms with Gasteiger partial charge in [0.1, 0.15) is 5.75 Å². The van der Waals surface area contributed by atoms with Gasteiger partial charge < -0.3 is 19.5 Å². The van der Waals surface area contributed by atoms with Crippen LogP contribution in [0.4, 0.5) is 5.69 Å². The van der Waals surface area contributed by atoms with Crippen molar-refractivity contribution in [3.8, 4) is 5.75 Å². The van der Waals surface area contributed by atoms with Crippen LogP contribution in [0.1, 0.15) is 13.8 Å². The van der Waals surface area contributed by atoms with Crippen LogP contribution in [0, 0.1) is 0 Å². The lowest BCUT2D eigenvalue weighted by molar-refractivity contribution is -0.138. The molecule has 3 rings (SSSR count). The van der Waals surface area contributed by atoms with Gasteiger partial charge in [-0.1, -0.05) is 0 Å². The molecule has 1 fully saturated rings. The van der Waals surface area contributed by atoms with Gasteiger partial charge in [-0.2, -0.15) is 0 Å². The Kier molecular flexibility index (Phi) is 6.13. The van der Waals surface area contributed by atoms with E-state index in [0.717, 1.165) is 28.9 Å². The van der Waals surface area contributed by atoms with E-state index >= 15 is 0 Å². The molecular formula is C20H27N3O4. The van der Waals surface area contributed by atoms with Crippen LogP contribution in [-0.4, -0.2) is 73.0 Å². The number of carboxylic acid groups (broad SMARTS) is 1. The second-order valence-corrected chi connectivity index (χ2v) is 7.20. The summed E-state index contributed by atoms with van der Waals surface area (Å²) >= 11 is 0. The summed E-state index contributed by atoms with van der Waals surface area (Å²) in [6.07, 6.45) is 1.89. The summed E-state index contributed by atoms with van der Waals surface area (Å²) in [6, 6.07) is 7.99. The molecule has 1 unspecified atom stereocenters. The number of hydrogen-bond acceptors (Lipinski definition) is 6. The highest BCUT2D eigenvalue weighted by Crippen LogP contribution is 2.30. The average molecular weight is 373 g/mol. The maximum absolute atomic E-state index is 10.9. The number of aliphatic carboxylic acids is 1. The normalized spacial score (nSPS) is 17.7. The molecule has 0 aliphatic carbocycles. The molecule has 0 spiro atoms. The van der Waals surface area contributed by atoms with E-state index in [-0.39, 0.29) is 18.8 Å². The Hall–Kier alpha value is -2.38. The van der Waals surface area contributed by atoms with Crippen LogP contribution in [0.2, 0.25) is 0 Å². The number of likely N-dealkylation sites (N-methyl/N-ethyl adjacent to an activating group) is 1. The van der Waals surface area contributed by atoms with Gasteiger partial charge in [0.2, 0.25) is 0 Å². The minimum absolute atomic E-state index is 0.00789. The van der Waals surface area contributed by atoms with Gasteiger partial charge in [0.25, 0.3) is 0 Å². The largest absolute Gasteiger partial charge is 0.491 e. The summed E-state index contributed by atoms with van der Waals surface area (Å²) in [5.74, 6) is 0.000672. The SMILES string of the molecule is CC(C)Oc1ccc2nccc(N3CCOC(CN(C)CC(=O)O)C3)c2c1. The molecule has 1 N–H and O–H groups in total. The molecule has 1 aromatic heterocycles. The Morgan fingerprint density at radius 1 is 1.44 bits per heavy atom. The fourth-order valence-corrected chi connectivity index (χ4v) is 3.42. The van der Waals surface area contributed by atoms with Crippen molar-refractivity contribution in [2.24, 2.45) is 0 Å². The van der Waals surface area contributed by atoms with Gasteiger partial charge in [-0.3, -0.25) is 14.7 Å². The number of anilines is 1. The number of morpholine rings is 1. The lowest BCUT2D eigenvalue weighted by Gasteiger charge is -2.36. The molecule has 0 saturated carbocycles. The average Bonchev–Trinajstić information content (AvgIpc) is 2.60. The first-order valence-corrected chi connectivity index (χ1v) is 9.24. The third-order valence-electron chi connectivity index (χ3n) is 4.46. The van der Waals surface area contributed by atoms with Crippen LogP contribution >= 0.6 is 0 Å². The van der Waals surface area contributed by atoms with E-state index in [1.165, 1.54) is 0 Å². The zero-order chi connectivity index (χ0) is 19.4. The van der Waals surface area contributed by atoms with E-state index in [4.69, 9.17) is 14.6 Å². The van der Waals surface area contributed by atoms with Crippen molar-refractivity contribution in [1.82, 2.24) is 9.88 Å². The van der Waals surface area contributed by atoms with E-state index in [1.807, 2.05) is 44.3 Å². The summed E-state index contributed by atoms with van der Waals surface area (Å²) in [6.45, 7) is 6.70. The molecule has 1 aliphatic rings. The van der Waals surface area contributed by atoms with Crippen LogP contribution < -0.4 is 9.64 Å². The van der Waals surface area contributed by atoms with E-state index in [0.29, 0.717) is 19.7 Å². The molecule has 27 heavy (non-hydrogen) atoms. The summed E-state index contributed by atoms with van der Waals surface area (Å²) in [4.78, 5) is 19.4. The summed E-state index contributed by atoms with van der Waals surface area (Å²) in [5, 5.41) is 9.99. The molecule has 1 saturated heterocycles. The minimum atomic E-state index is -0.831. The Morgan fingerprint density at radius 3 is 3.00 bits per heavy atom. The fourth-order valence-electron chi connectivity index (χ4n) is 3.42. The van der Waals surface area contributed by atoms with Crippen molar-refractivity contribution in [2.75, 3.05) is 44.7 Å². The van der Waals surface area contributed by atoms with Crippen LogP contribution in [0.25, 0.3) is 10.9 Å². The molecule has 2 aromatic rings. The molecular weight excluding hydrogens is 346 g/mol. The number of aromatic nitrogens is 1. The number of hydrogen-bond donors (Lipinski definition) is 1. The van der Waals surface area contributed by atoms with Crippen LogP contribution in [0.3, 0.4) is 0 Å². The number of ether oxygens (including phenoxy) is 2. The number of benzene rings is 1. The standard InChI is InChI=1S/C20H27N3O4/c1-14(2)27-15-4-5-18-17(10-15)19(6-7-21-18)23-8-9-26-16(12-23)11-22(3)13-20(24)25/h4-7,10,14,16H,8-9,11-13H2,1-3H3,(H,24,25). The number of carbonyl (C=O) groups is 1. The Morgan fingerprint density at radius 2 is 2.26 bits per heavy atom. The zero-order valence-electron chi connectivity index (χ0n) is 16.1. The molecule has 0 amide bonds. The van der Waals surface area contributed by atoms with Gasteiger partial charge in [-0.15, -0.1) is 0 Å². The third-order valence-corrected chi connectivity index (χ3v) is 4.46. The molecule has 2 heterocycles. The molecule has 146 valence electrons. The smallest absolute Gasteiger partial charge is 0.317 e. The lowest BCUT2D eigenvalue weighted by Crippen LogP contribution is -2.47. The van der Waals surface area contributed by atoms with Gasteiger partial charge in [0, 0.05) is 36.9 Å².